The fourth-order valence-electron chi connectivity index (χ4n) is 1.99. The summed E-state index contributed by atoms with van der Waals surface area (Å²) in [7, 11) is 4.27. The minimum absolute atomic E-state index is 0.180. The van der Waals surface area contributed by atoms with E-state index in [2.05, 4.69) is 64.0 Å². The lowest BCUT2D eigenvalue weighted by atomic mass is 9.83. The quantitative estimate of drug-likeness (QED) is 0.848. The number of nitrogens with zero attached hydrogens (tertiary/aromatic N) is 1. The van der Waals surface area contributed by atoms with Crippen LogP contribution in [0.1, 0.15) is 37.4 Å². The molecule has 2 N–H and O–H groups in total. The lowest BCUT2D eigenvalue weighted by Crippen LogP contribution is -2.31. The van der Waals surface area contributed by atoms with Crippen molar-refractivity contribution in [1.82, 2.24) is 4.90 Å². The van der Waals surface area contributed by atoms with Gasteiger partial charge in [0.1, 0.15) is 0 Å². The van der Waals surface area contributed by atoms with Gasteiger partial charge >= 0.3 is 0 Å². The molecule has 0 fully saturated rings. The molecule has 1 aromatic rings. The summed E-state index contributed by atoms with van der Waals surface area (Å²) < 4.78 is 0. The molecule has 0 saturated carbocycles. The largest absolute Gasteiger partial charge is 0.330 e. The van der Waals surface area contributed by atoms with Crippen molar-refractivity contribution in [3.05, 3.63) is 35.4 Å². The van der Waals surface area contributed by atoms with Crippen LogP contribution >= 0.6 is 0 Å². The second-order valence-corrected chi connectivity index (χ2v) is 5.96. The van der Waals surface area contributed by atoms with Gasteiger partial charge in [0.2, 0.25) is 0 Å². The van der Waals surface area contributed by atoms with Crippen molar-refractivity contribution in [1.29, 1.82) is 0 Å². The molecule has 96 valence electrons. The van der Waals surface area contributed by atoms with Gasteiger partial charge in [0.25, 0.3) is 0 Å². The van der Waals surface area contributed by atoms with E-state index in [-0.39, 0.29) is 5.41 Å². The number of hydrogen-bond donors (Lipinski definition) is 1. The van der Waals surface area contributed by atoms with E-state index in [0.717, 1.165) is 13.0 Å². The van der Waals surface area contributed by atoms with Gasteiger partial charge in [-0.1, -0.05) is 43.7 Å². The predicted octanol–water partition coefficient (Wildman–Crippen LogP) is 2.97. The normalized spacial score (nSPS) is 14.1. The molecule has 0 aliphatic carbocycles. The highest BCUT2D eigenvalue weighted by atomic mass is 15.1. The van der Waals surface area contributed by atoms with Crippen LogP contribution in [-0.2, 0) is 0 Å². The maximum absolute atomic E-state index is 5.84. The molecule has 0 bridgehead atoms. The van der Waals surface area contributed by atoms with Crippen molar-refractivity contribution < 1.29 is 0 Å². The Labute approximate surface area is 106 Å². The summed E-state index contributed by atoms with van der Waals surface area (Å²) in [6.07, 6.45) is 1.08. The molecule has 2 nitrogen and oxygen atoms in total. The predicted molar refractivity (Wildman–Crippen MR) is 75.1 cm³/mol. The van der Waals surface area contributed by atoms with E-state index in [1.54, 1.807) is 0 Å². The van der Waals surface area contributed by atoms with Crippen molar-refractivity contribution in [3.63, 3.8) is 0 Å². The van der Waals surface area contributed by atoms with Crippen LogP contribution in [0.25, 0.3) is 0 Å². The van der Waals surface area contributed by atoms with Gasteiger partial charge in [-0.15, -0.1) is 0 Å². The van der Waals surface area contributed by atoms with E-state index in [9.17, 15) is 0 Å². The number of hydrogen-bond acceptors (Lipinski definition) is 2. The highest BCUT2D eigenvalue weighted by Crippen LogP contribution is 2.32. The number of aryl methyl sites for hydroxylation is 1. The first-order valence-corrected chi connectivity index (χ1v) is 6.29. The zero-order valence-electron chi connectivity index (χ0n) is 11.8. The summed E-state index contributed by atoms with van der Waals surface area (Å²) >= 11 is 0. The Balaban J connectivity index is 2.90. The van der Waals surface area contributed by atoms with Gasteiger partial charge in [-0.05, 0) is 45.0 Å². The summed E-state index contributed by atoms with van der Waals surface area (Å²) in [6, 6.07) is 9.26. The molecule has 0 radical (unpaired) electrons. The second-order valence-electron chi connectivity index (χ2n) is 5.96. The zero-order chi connectivity index (χ0) is 13.1. The van der Waals surface area contributed by atoms with Crippen LogP contribution in [0.3, 0.4) is 0 Å². The highest BCUT2D eigenvalue weighted by molar-refractivity contribution is 5.24. The lowest BCUT2D eigenvalue weighted by Gasteiger charge is -2.33. The van der Waals surface area contributed by atoms with Crippen molar-refractivity contribution in [3.8, 4) is 0 Å². The summed E-state index contributed by atoms with van der Waals surface area (Å²) in [5.74, 6) is 0. The van der Waals surface area contributed by atoms with E-state index in [1.165, 1.54) is 11.1 Å². The van der Waals surface area contributed by atoms with Crippen LogP contribution in [0.2, 0.25) is 0 Å². The SMILES string of the molecule is Cc1ccc(C(CC(C)(C)CN)N(C)C)cc1. The average Bonchev–Trinajstić information content (AvgIpc) is 2.27. The van der Waals surface area contributed by atoms with E-state index in [0.29, 0.717) is 6.04 Å². The minimum atomic E-state index is 0.180. The van der Waals surface area contributed by atoms with Gasteiger partial charge in [0.15, 0.2) is 0 Å². The first-order valence-electron chi connectivity index (χ1n) is 6.29. The fraction of sp³-hybridized carbons (Fsp3) is 0.600. The molecule has 0 saturated heterocycles. The van der Waals surface area contributed by atoms with Crippen LogP contribution in [0.5, 0.6) is 0 Å². The minimum Gasteiger partial charge on any atom is -0.330 e. The monoisotopic (exact) mass is 234 g/mol. The van der Waals surface area contributed by atoms with Crippen molar-refractivity contribution in [2.75, 3.05) is 20.6 Å². The van der Waals surface area contributed by atoms with Crippen LogP contribution < -0.4 is 5.73 Å². The average molecular weight is 234 g/mol. The Bertz CT molecular complexity index is 338. The Morgan fingerprint density at radius 2 is 1.71 bits per heavy atom. The maximum Gasteiger partial charge on any atom is 0.0347 e. The maximum atomic E-state index is 5.84. The molecule has 0 aromatic heterocycles. The summed E-state index contributed by atoms with van der Waals surface area (Å²) in [4.78, 5) is 2.28. The molecule has 1 aromatic carbocycles. The van der Waals surface area contributed by atoms with Gasteiger partial charge in [-0.25, -0.2) is 0 Å². The fourth-order valence-corrected chi connectivity index (χ4v) is 1.99. The van der Waals surface area contributed by atoms with Crippen LogP contribution in [0.15, 0.2) is 24.3 Å². The molecule has 0 heterocycles. The van der Waals surface area contributed by atoms with Gasteiger partial charge in [0.05, 0.1) is 0 Å². The molecular formula is C15H26N2. The third-order valence-corrected chi connectivity index (χ3v) is 3.38. The van der Waals surface area contributed by atoms with Gasteiger partial charge in [-0.2, -0.15) is 0 Å². The molecule has 0 aliphatic rings. The molecule has 2 heteroatoms. The summed E-state index contributed by atoms with van der Waals surface area (Å²) in [6.45, 7) is 7.32. The standard InChI is InChI=1S/C15H26N2/c1-12-6-8-13(9-7-12)14(17(4)5)10-15(2,3)11-16/h6-9,14H,10-11,16H2,1-5H3. The summed E-state index contributed by atoms with van der Waals surface area (Å²) in [5.41, 5.74) is 8.71. The molecule has 17 heavy (non-hydrogen) atoms. The molecule has 0 aliphatic heterocycles. The first-order chi connectivity index (χ1) is 7.85. The van der Waals surface area contributed by atoms with Crippen molar-refractivity contribution >= 4 is 0 Å². The molecule has 1 unspecified atom stereocenters. The Morgan fingerprint density at radius 3 is 2.12 bits per heavy atom. The van der Waals surface area contributed by atoms with Gasteiger partial charge in [0, 0.05) is 6.04 Å². The summed E-state index contributed by atoms with van der Waals surface area (Å²) in [5, 5.41) is 0. The van der Waals surface area contributed by atoms with Crippen LogP contribution in [0, 0.1) is 12.3 Å². The Morgan fingerprint density at radius 1 is 1.18 bits per heavy atom. The third kappa shape index (κ3) is 4.14. The smallest absolute Gasteiger partial charge is 0.0347 e. The van der Waals surface area contributed by atoms with E-state index >= 15 is 0 Å². The van der Waals surface area contributed by atoms with Gasteiger partial charge < -0.3 is 10.6 Å². The number of benzene rings is 1. The highest BCUT2D eigenvalue weighted by Gasteiger charge is 2.24. The molecular weight excluding hydrogens is 208 g/mol. The van der Waals surface area contributed by atoms with E-state index in [1.807, 2.05) is 0 Å². The van der Waals surface area contributed by atoms with E-state index in [4.69, 9.17) is 5.73 Å². The number of rotatable bonds is 5. The molecule has 1 rings (SSSR count). The topological polar surface area (TPSA) is 29.3 Å². The Kier molecular flexibility index (Phi) is 4.72. The molecule has 1 atom stereocenters. The van der Waals surface area contributed by atoms with Gasteiger partial charge in [-0.3, -0.25) is 0 Å². The second kappa shape index (κ2) is 5.65. The number of nitrogens with two attached hydrogens (primary N) is 1. The van der Waals surface area contributed by atoms with Crippen molar-refractivity contribution in [2.45, 2.75) is 33.2 Å². The van der Waals surface area contributed by atoms with Crippen LogP contribution in [-0.4, -0.2) is 25.5 Å². The third-order valence-electron chi connectivity index (χ3n) is 3.38. The zero-order valence-corrected chi connectivity index (χ0v) is 11.8. The first kappa shape index (κ1) is 14.2. The molecule has 0 amide bonds. The Hall–Kier alpha value is -0.860. The van der Waals surface area contributed by atoms with Crippen molar-refractivity contribution in [2.24, 2.45) is 11.1 Å². The van der Waals surface area contributed by atoms with Crippen LogP contribution in [0.4, 0.5) is 0 Å². The van der Waals surface area contributed by atoms with E-state index < -0.39 is 0 Å². The lowest BCUT2D eigenvalue weighted by molar-refractivity contribution is 0.202. The molecule has 0 spiro atoms.